The molecule has 1 N–H and O–H groups in total. The van der Waals surface area contributed by atoms with Gasteiger partial charge in [-0.15, -0.1) is 0 Å². The van der Waals surface area contributed by atoms with Crippen LogP contribution in [0.15, 0.2) is 6.07 Å². The van der Waals surface area contributed by atoms with Crippen molar-refractivity contribution in [1.82, 2.24) is 15.1 Å². The van der Waals surface area contributed by atoms with Crippen molar-refractivity contribution in [2.75, 3.05) is 6.54 Å². The number of alkyl halides is 3. The number of aryl methyl sites for hydroxylation is 1. The smallest absolute Gasteiger partial charge is 0.356 e. The molecule has 1 aromatic rings. The molecule has 1 aliphatic carbocycles. The van der Waals surface area contributed by atoms with Crippen LogP contribution in [-0.4, -0.2) is 22.2 Å². The Balaban J connectivity index is 2.10. The molecule has 1 aliphatic rings. The largest absolute Gasteiger partial charge is 0.435 e. The lowest BCUT2D eigenvalue weighted by Gasteiger charge is -2.06. The Labute approximate surface area is 109 Å². The molecule has 1 saturated carbocycles. The van der Waals surface area contributed by atoms with Crippen molar-refractivity contribution in [2.24, 2.45) is 0 Å². The van der Waals surface area contributed by atoms with Gasteiger partial charge < -0.3 is 5.32 Å². The van der Waals surface area contributed by atoms with E-state index in [0.29, 0.717) is 12.2 Å². The van der Waals surface area contributed by atoms with E-state index in [1.54, 1.807) is 6.92 Å². The Bertz CT molecular complexity index is 463. The van der Waals surface area contributed by atoms with Gasteiger partial charge in [0.25, 0.3) is 0 Å². The van der Waals surface area contributed by atoms with Crippen LogP contribution in [0.25, 0.3) is 0 Å². The van der Waals surface area contributed by atoms with Crippen molar-refractivity contribution >= 4 is 5.91 Å². The molecule has 1 amide bonds. The van der Waals surface area contributed by atoms with Gasteiger partial charge in [0, 0.05) is 31.1 Å². The summed E-state index contributed by atoms with van der Waals surface area (Å²) in [5.74, 6) is -0.00820. The third-order valence-corrected chi connectivity index (χ3v) is 3.02. The molecule has 4 nitrogen and oxygen atoms in total. The van der Waals surface area contributed by atoms with E-state index in [-0.39, 0.29) is 24.8 Å². The zero-order valence-corrected chi connectivity index (χ0v) is 10.6. The number of rotatable bonds is 5. The summed E-state index contributed by atoms with van der Waals surface area (Å²) in [5, 5.41) is 6.20. The van der Waals surface area contributed by atoms with Gasteiger partial charge in [0.2, 0.25) is 5.91 Å². The van der Waals surface area contributed by atoms with E-state index in [1.165, 1.54) is 4.68 Å². The lowest BCUT2D eigenvalue weighted by atomic mass is 10.2. The Morgan fingerprint density at radius 1 is 1.53 bits per heavy atom. The van der Waals surface area contributed by atoms with Gasteiger partial charge in [0.15, 0.2) is 5.69 Å². The van der Waals surface area contributed by atoms with Crippen LogP contribution in [0.3, 0.4) is 0 Å². The standard InChI is InChI=1S/C12H16F3N3O/c1-2-16-11(19)5-6-18-9(8-3-4-8)7-10(17-18)12(13,14)15/h7-8H,2-6H2,1H3,(H,16,19). The first kappa shape index (κ1) is 13.9. The minimum Gasteiger partial charge on any atom is -0.356 e. The first-order valence-corrected chi connectivity index (χ1v) is 6.33. The maximum atomic E-state index is 12.6. The molecule has 0 spiro atoms. The van der Waals surface area contributed by atoms with Crippen molar-refractivity contribution < 1.29 is 18.0 Å². The molecule has 19 heavy (non-hydrogen) atoms. The van der Waals surface area contributed by atoms with Crippen molar-refractivity contribution in [3.05, 3.63) is 17.5 Å². The first-order valence-electron chi connectivity index (χ1n) is 6.33. The highest BCUT2D eigenvalue weighted by Gasteiger charge is 2.37. The van der Waals surface area contributed by atoms with Gasteiger partial charge in [0.05, 0.1) is 0 Å². The highest BCUT2D eigenvalue weighted by Crippen LogP contribution is 2.42. The van der Waals surface area contributed by atoms with Gasteiger partial charge in [-0.2, -0.15) is 18.3 Å². The van der Waals surface area contributed by atoms with Crippen LogP contribution in [0.1, 0.15) is 43.5 Å². The van der Waals surface area contributed by atoms with Crippen LogP contribution in [-0.2, 0) is 17.5 Å². The molecule has 0 aliphatic heterocycles. The maximum absolute atomic E-state index is 12.6. The molecular formula is C12H16F3N3O. The maximum Gasteiger partial charge on any atom is 0.435 e. The van der Waals surface area contributed by atoms with Gasteiger partial charge in [-0.25, -0.2) is 0 Å². The van der Waals surface area contributed by atoms with Crippen molar-refractivity contribution in [3.63, 3.8) is 0 Å². The van der Waals surface area contributed by atoms with E-state index in [9.17, 15) is 18.0 Å². The molecule has 0 unspecified atom stereocenters. The molecule has 1 aromatic heterocycles. The van der Waals surface area contributed by atoms with Crippen LogP contribution in [0.5, 0.6) is 0 Å². The Morgan fingerprint density at radius 3 is 2.74 bits per heavy atom. The summed E-state index contributed by atoms with van der Waals surface area (Å²) in [7, 11) is 0. The van der Waals surface area contributed by atoms with Crippen LogP contribution >= 0.6 is 0 Å². The van der Waals surface area contributed by atoms with Crippen molar-refractivity contribution in [3.8, 4) is 0 Å². The lowest BCUT2D eigenvalue weighted by molar-refractivity contribution is -0.141. The highest BCUT2D eigenvalue weighted by molar-refractivity contribution is 5.75. The lowest BCUT2D eigenvalue weighted by Crippen LogP contribution is -2.24. The van der Waals surface area contributed by atoms with Gasteiger partial charge in [0.1, 0.15) is 0 Å². The van der Waals surface area contributed by atoms with Crippen LogP contribution in [0.4, 0.5) is 13.2 Å². The number of hydrogen-bond donors (Lipinski definition) is 1. The molecule has 0 saturated heterocycles. The number of nitrogens with zero attached hydrogens (tertiary/aromatic N) is 2. The molecule has 1 fully saturated rings. The summed E-state index contributed by atoms with van der Waals surface area (Å²) >= 11 is 0. The molecule has 106 valence electrons. The number of carbonyl (C=O) groups excluding carboxylic acids is 1. The number of carbonyl (C=O) groups is 1. The highest BCUT2D eigenvalue weighted by atomic mass is 19.4. The predicted molar refractivity (Wildman–Crippen MR) is 62.5 cm³/mol. The molecule has 7 heteroatoms. The van der Waals surface area contributed by atoms with E-state index in [2.05, 4.69) is 10.4 Å². The zero-order valence-electron chi connectivity index (χ0n) is 10.6. The third-order valence-electron chi connectivity index (χ3n) is 3.02. The second-order valence-electron chi connectivity index (χ2n) is 4.65. The second-order valence-corrected chi connectivity index (χ2v) is 4.65. The molecule has 2 rings (SSSR count). The summed E-state index contributed by atoms with van der Waals surface area (Å²) in [6, 6.07) is 1.11. The fourth-order valence-electron chi connectivity index (χ4n) is 1.95. The normalized spacial score (nSPS) is 15.6. The summed E-state index contributed by atoms with van der Waals surface area (Å²) in [4.78, 5) is 11.3. The minimum atomic E-state index is -4.43. The zero-order chi connectivity index (χ0) is 14.0. The number of aromatic nitrogens is 2. The Morgan fingerprint density at radius 2 is 2.21 bits per heavy atom. The van der Waals surface area contributed by atoms with E-state index in [1.807, 2.05) is 0 Å². The molecule has 0 atom stereocenters. The molecule has 0 aromatic carbocycles. The van der Waals surface area contributed by atoms with Crippen LogP contribution in [0, 0.1) is 0 Å². The SMILES string of the molecule is CCNC(=O)CCn1nc(C(F)(F)F)cc1C1CC1. The second kappa shape index (κ2) is 5.22. The van der Waals surface area contributed by atoms with Gasteiger partial charge in [-0.3, -0.25) is 9.48 Å². The molecule has 0 radical (unpaired) electrons. The van der Waals surface area contributed by atoms with Crippen molar-refractivity contribution in [2.45, 2.75) is 44.8 Å². The number of amides is 1. The van der Waals surface area contributed by atoms with Crippen molar-refractivity contribution in [1.29, 1.82) is 0 Å². The first-order chi connectivity index (χ1) is 8.91. The molecular weight excluding hydrogens is 259 g/mol. The fraction of sp³-hybridized carbons (Fsp3) is 0.667. The predicted octanol–water partition coefficient (Wildman–Crippen LogP) is 2.31. The third kappa shape index (κ3) is 3.48. The average Bonchev–Trinajstić information content (AvgIpc) is 3.05. The molecule has 0 bridgehead atoms. The van der Waals surface area contributed by atoms with Gasteiger partial charge >= 0.3 is 6.18 Å². The van der Waals surface area contributed by atoms with E-state index in [0.717, 1.165) is 18.9 Å². The summed E-state index contributed by atoms with van der Waals surface area (Å²) in [6.45, 7) is 2.50. The minimum absolute atomic E-state index is 0.145. The number of halogens is 3. The van der Waals surface area contributed by atoms with E-state index >= 15 is 0 Å². The quantitative estimate of drug-likeness (QED) is 0.896. The summed E-state index contributed by atoms with van der Waals surface area (Å²) in [6.07, 6.45) is -2.50. The van der Waals surface area contributed by atoms with Gasteiger partial charge in [-0.1, -0.05) is 0 Å². The van der Waals surface area contributed by atoms with Gasteiger partial charge in [-0.05, 0) is 25.8 Å². The average molecular weight is 275 g/mol. The summed E-state index contributed by atoms with van der Waals surface area (Å²) in [5.41, 5.74) is -0.276. The number of nitrogens with one attached hydrogen (secondary N) is 1. The molecule has 1 heterocycles. The van der Waals surface area contributed by atoms with E-state index in [4.69, 9.17) is 0 Å². The Hall–Kier alpha value is -1.53. The monoisotopic (exact) mass is 275 g/mol. The summed E-state index contributed by atoms with van der Waals surface area (Å²) < 4.78 is 39.2. The number of hydrogen-bond acceptors (Lipinski definition) is 2. The van der Waals surface area contributed by atoms with E-state index < -0.39 is 11.9 Å². The van der Waals surface area contributed by atoms with Crippen LogP contribution in [0.2, 0.25) is 0 Å². The Kier molecular flexibility index (Phi) is 3.82. The topological polar surface area (TPSA) is 46.9 Å². The fourth-order valence-corrected chi connectivity index (χ4v) is 1.95. The van der Waals surface area contributed by atoms with Crippen LogP contribution < -0.4 is 5.32 Å².